The summed E-state index contributed by atoms with van der Waals surface area (Å²) in [5.74, 6) is 0. The topological polar surface area (TPSA) is 57.0 Å². The van der Waals surface area contributed by atoms with E-state index in [9.17, 15) is 0 Å². The van der Waals surface area contributed by atoms with Crippen molar-refractivity contribution in [2.75, 3.05) is 6.54 Å². The fourth-order valence-corrected chi connectivity index (χ4v) is 3.03. The number of hydrogen-bond donors (Lipinski definition) is 2. The number of rotatable bonds is 3. The molecule has 0 amide bonds. The molecule has 3 heteroatoms. The van der Waals surface area contributed by atoms with Crippen molar-refractivity contribution < 1.29 is 0 Å². The quantitative estimate of drug-likeness (QED) is 0.822. The highest BCUT2D eigenvalue weighted by Gasteiger charge is 2.22. The first-order valence-electron chi connectivity index (χ1n) is 6.29. The molecule has 0 radical (unpaired) electrons. The second-order valence-electron chi connectivity index (χ2n) is 4.98. The van der Waals surface area contributed by atoms with E-state index in [0.29, 0.717) is 12.6 Å². The highest BCUT2D eigenvalue weighted by atomic mass is 15.0. The van der Waals surface area contributed by atoms with Crippen LogP contribution in [-0.4, -0.2) is 11.1 Å². The first-order chi connectivity index (χ1) is 7.65. The Labute approximate surface area is 97.8 Å². The molecule has 16 heavy (non-hydrogen) atoms. The second-order valence-corrected chi connectivity index (χ2v) is 4.98. The zero-order valence-electron chi connectivity index (χ0n) is 10.4. The molecule has 1 aliphatic rings. The standard InChI is InChI=1S/C13H23N3/c1-9-7-12(13(15)8-14)10(2)16(9)11-5-3-4-6-11/h7,11,13H,3-6,8,14-15H2,1-2H3. The van der Waals surface area contributed by atoms with Gasteiger partial charge >= 0.3 is 0 Å². The van der Waals surface area contributed by atoms with E-state index in [4.69, 9.17) is 11.5 Å². The van der Waals surface area contributed by atoms with Crippen LogP contribution in [0.3, 0.4) is 0 Å². The Balaban J connectivity index is 2.34. The molecule has 0 spiro atoms. The summed E-state index contributed by atoms with van der Waals surface area (Å²) in [5.41, 5.74) is 15.6. The number of aromatic nitrogens is 1. The number of nitrogens with zero attached hydrogens (tertiary/aromatic N) is 1. The van der Waals surface area contributed by atoms with E-state index >= 15 is 0 Å². The van der Waals surface area contributed by atoms with Crippen molar-refractivity contribution in [1.29, 1.82) is 0 Å². The fourth-order valence-electron chi connectivity index (χ4n) is 3.03. The zero-order valence-corrected chi connectivity index (χ0v) is 10.4. The molecule has 90 valence electrons. The van der Waals surface area contributed by atoms with Crippen LogP contribution < -0.4 is 11.5 Å². The van der Waals surface area contributed by atoms with E-state index in [-0.39, 0.29) is 6.04 Å². The molecule has 1 atom stereocenters. The molecule has 1 unspecified atom stereocenters. The van der Waals surface area contributed by atoms with Gasteiger partial charge in [-0.2, -0.15) is 0 Å². The largest absolute Gasteiger partial charge is 0.346 e. The summed E-state index contributed by atoms with van der Waals surface area (Å²) >= 11 is 0. The van der Waals surface area contributed by atoms with Gasteiger partial charge in [0.15, 0.2) is 0 Å². The number of hydrogen-bond acceptors (Lipinski definition) is 2. The predicted octanol–water partition coefficient (Wildman–Crippen LogP) is 2.18. The lowest BCUT2D eigenvalue weighted by atomic mass is 10.1. The first-order valence-corrected chi connectivity index (χ1v) is 6.29. The normalized spacial score (nSPS) is 19.2. The molecule has 0 saturated heterocycles. The van der Waals surface area contributed by atoms with Gasteiger partial charge < -0.3 is 16.0 Å². The molecule has 1 heterocycles. The number of nitrogens with two attached hydrogens (primary N) is 2. The van der Waals surface area contributed by atoms with E-state index in [2.05, 4.69) is 24.5 Å². The van der Waals surface area contributed by atoms with Crippen LogP contribution in [0.15, 0.2) is 6.07 Å². The van der Waals surface area contributed by atoms with Crippen LogP contribution in [-0.2, 0) is 0 Å². The van der Waals surface area contributed by atoms with Gasteiger partial charge in [-0.15, -0.1) is 0 Å². The summed E-state index contributed by atoms with van der Waals surface area (Å²) in [6, 6.07) is 2.89. The van der Waals surface area contributed by atoms with Gasteiger partial charge in [-0.3, -0.25) is 0 Å². The minimum Gasteiger partial charge on any atom is -0.346 e. The highest BCUT2D eigenvalue weighted by molar-refractivity contribution is 5.30. The lowest BCUT2D eigenvalue weighted by Crippen LogP contribution is -2.21. The summed E-state index contributed by atoms with van der Waals surface area (Å²) in [6.45, 7) is 4.88. The molecule has 1 aromatic heterocycles. The SMILES string of the molecule is Cc1cc(C(N)CN)c(C)n1C1CCCC1. The molecule has 4 N–H and O–H groups in total. The van der Waals surface area contributed by atoms with Crippen molar-refractivity contribution in [2.45, 2.75) is 51.6 Å². The fraction of sp³-hybridized carbons (Fsp3) is 0.692. The Morgan fingerprint density at radius 3 is 2.56 bits per heavy atom. The third-order valence-corrected chi connectivity index (χ3v) is 3.87. The van der Waals surface area contributed by atoms with Crippen molar-refractivity contribution in [3.63, 3.8) is 0 Å². The van der Waals surface area contributed by atoms with Crippen LogP contribution in [0.1, 0.15) is 54.7 Å². The maximum Gasteiger partial charge on any atom is 0.0437 e. The molecule has 0 aliphatic heterocycles. The molecular formula is C13H23N3. The summed E-state index contributed by atoms with van der Waals surface area (Å²) in [4.78, 5) is 0. The van der Waals surface area contributed by atoms with Gasteiger partial charge in [-0.1, -0.05) is 12.8 Å². The smallest absolute Gasteiger partial charge is 0.0437 e. The van der Waals surface area contributed by atoms with Crippen molar-refractivity contribution >= 4 is 0 Å². The third-order valence-electron chi connectivity index (χ3n) is 3.87. The Morgan fingerprint density at radius 1 is 1.38 bits per heavy atom. The van der Waals surface area contributed by atoms with Crippen LogP contribution in [0.4, 0.5) is 0 Å². The van der Waals surface area contributed by atoms with Crippen molar-refractivity contribution in [3.8, 4) is 0 Å². The van der Waals surface area contributed by atoms with E-state index < -0.39 is 0 Å². The summed E-state index contributed by atoms with van der Waals surface area (Å²) in [5, 5.41) is 0. The third kappa shape index (κ3) is 1.89. The van der Waals surface area contributed by atoms with Gasteiger partial charge in [0.05, 0.1) is 0 Å². The van der Waals surface area contributed by atoms with E-state index in [1.165, 1.54) is 42.6 Å². The predicted molar refractivity (Wildman–Crippen MR) is 67.4 cm³/mol. The summed E-state index contributed by atoms with van der Waals surface area (Å²) in [6.07, 6.45) is 5.35. The molecular weight excluding hydrogens is 198 g/mol. The van der Waals surface area contributed by atoms with Gasteiger partial charge in [0.25, 0.3) is 0 Å². The van der Waals surface area contributed by atoms with Gasteiger partial charge in [0.1, 0.15) is 0 Å². The van der Waals surface area contributed by atoms with Crippen molar-refractivity contribution in [3.05, 3.63) is 23.0 Å². The molecule has 1 saturated carbocycles. The zero-order chi connectivity index (χ0) is 11.7. The van der Waals surface area contributed by atoms with Gasteiger partial charge in [0.2, 0.25) is 0 Å². The number of aryl methyl sites for hydroxylation is 1. The minimum absolute atomic E-state index is 0.0126. The van der Waals surface area contributed by atoms with E-state index in [0.717, 1.165) is 0 Å². The van der Waals surface area contributed by atoms with Gasteiger partial charge in [-0.05, 0) is 38.3 Å². The molecule has 3 nitrogen and oxygen atoms in total. The van der Waals surface area contributed by atoms with Gasteiger partial charge in [0, 0.05) is 30.0 Å². The molecule has 1 aromatic rings. The Morgan fingerprint density at radius 2 is 2.00 bits per heavy atom. The minimum atomic E-state index is -0.0126. The average molecular weight is 221 g/mol. The molecule has 0 bridgehead atoms. The van der Waals surface area contributed by atoms with E-state index in [1.807, 2.05) is 0 Å². The first kappa shape index (κ1) is 11.7. The van der Waals surface area contributed by atoms with Crippen LogP contribution in [0, 0.1) is 13.8 Å². The van der Waals surface area contributed by atoms with Crippen LogP contribution in [0.25, 0.3) is 0 Å². The lowest BCUT2D eigenvalue weighted by molar-refractivity contribution is 0.498. The van der Waals surface area contributed by atoms with Crippen LogP contribution >= 0.6 is 0 Å². The molecule has 1 aliphatic carbocycles. The van der Waals surface area contributed by atoms with E-state index in [1.54, 1.807) is 0 Å². The maximum atomic E-state index is 6.04. The Kier molecular flexibility index (Phi) is 3.36. The Hall–Kier alpha value is -0.800. The van der Waals surface area contributed by atoms with Gasteiger partial charge in [-0.25, -0.2) is 0 Å². The molecule has 0 aromatic carbocycles. The van der Waals surface area contributed by atoms with Crippen LogP contribution in [0.5, 0.6) is 0 Å². The molecule has 1 fully saturated rings. The maximum absolute atomic E-state index is 6.04. The van der Waals surface area contributed by atoms with Crippen molar-refractivity contribution in [2.24, 2.45) is 11.5 Å². The Bertz CT molecular complexity index is 361. The van der Waals surface area contributed by atoms with Crippen molar-refractivity contribution in [1.82, 2.24) is 4.57 Å². The van der Waals surface area contributed by atoms with Crippen LogP contribution in [0.2, 0.25) is 0 Å². The average Bonchev–Trinajstić information content (AvgIpc) is 2.86. The second kappa shape index (κ2) is 4.60. The molecule has 2 rings (SSSR count). The monoisotopic (exact) mass is 221 g/mol. The summed E-state index contributed by atoms with van der Waals surface area (Å²) < 4.78 is 2.47. The highest BCUT2D eigenvalue weighted by Crippen LogP contribution is 2.34. The lowest BCUT2D eigenvalue weighted by Gasteiger charge is -2.18. The summed E-state index contributed by atoms with van der Waals surface area (Å²) in [7, 11) is 0.